The lowest BCUT2D eigenvalue weighted by atomic mass is 10.3. The van der Waals surface area contributed by atoms with Gasteiger partial charge in [0.25, 0.3) is 5.91 Å². The van der Waals surface area contributed by atoms with Crippen molar-refractivity contribution in [2.45, 2.75) is 13.5 Å². The quantitative estimate of drug-likeness (QED) is 0.836. The molecule has 100 valence electrons. The Bertz CT molecular complexity index is 596. The molecule has 0 bridgehead atoms. The second-order valence-corrected chi connectivity index (χ2v) is 4.82. The van der Waals surface area contributed by atoms with Crippen LogP contribution in [-0.2, 0) is 6.54 Å². The Balaban J connectivity index is 2.11. The first-order valence-electron chi connectivity index (χ1n) is 5.76. The number of halogens is 1. The third kappa shape index (κ3) is 3.39. The van der Waals surface area contributed by atoms with Crippen LogP contribution in [0, 0.1) is 6.92 Å². The minimum atomic E-state index is -0.261. The van der Waals surface area contributed by atoms with Crippen LogP contribution in [0.15, 0.2) is 29.3 Å². The number of nitrogens with two attached hydrogens (primary N) is 1. The molecule has 0 spiro atoms. The molecule has 0 aliphatic carbocycles. The van der Waals surface area contributed by atoms with E-state index in [1.165, 1.54) is 0 Å². The average molecular weight is 324 g/mol. The number of nitrogens with one attached hydrogen (secondary N) is 1. The van der Waals surface area contributed by atoms with Crippen LogP contribution in [0.4, 0.5) is 5.69 Å². The second-order valence-electron chi connectivity index (χ2n) is 4.01. The van der Waals surface area contributed by atoms with Gasteiger partial charge in [0.15, 0.2) is 0 Å². The number of hydrogen-bond donors (Lipinski definition) is 2. The molecule has 2 aromatic rings. The van der Waals surface area contributed by atoms with Crippen LogP contribution in [-0.4, -0.2) is 27.0 Å². The van der Waals surface area contributed by atoms with Crippen molar-refractivity contribution in [2.24, 2.45) is 5.73 Å². The lowest BCUT2D eigenvalue weighted by Crippen LogP contribution is -2.14. The summed E-state index contributed by atoms with van der Waals surface area (Å²) in [4.78, 5) is 20.3. The number of hydrogen-bond acceptors (Lipinski definition) is 4. The number of nitrogens with zero attached hydrogens (tertiary/aromatic N) is 3. The molecule has 0 saturated heterocycles. The number of aryl methyl sites for hydroxylation is 1. The Morgan fingerprint density at radius 3 is 3.00 bits per heavy atom. The Kier molecular flexibility index (Phi) is 4.28. The predicted octanol–water partition coefficient (Wildman–Crippen LogP) is 1.56. The van der Waals surface area contributed by atoms with Gasteiger partial charge in [-0.25, -0.2) is 9.97 Å². The summed E-state index contributed by atoms with van der Waals surface area (Å²) in [6.07, 6.45) is 3.26. The van der Waals surface area contributed by atoms with E-state index in [0.29, 0.717) is 24.5 Å². The van der Waals surface area contributed by atoms with Gasteiger partial charge in [-0.3, -0.25) is 4.79 Å². The summed E-state index contributed by atoms with van der Waals surface area (Å²) in [5, 5.41) is 2.78. The molecule has 2 rings (SSSR count). The molecule has 1 amide bonds. The third-order valence-corrected chi connectivity index (χ3v) is 2.99. The van der Waals surface area contributed by atoms with E-state index < -0.39 is 0 Å². The van der Waals surface area contributed by atoms with E-state index in [2.05, 4.69) is 31.2 Å². The van der Waals surface area contributed by atoms with Crippen molar-refractivity contribution in [1.82, 2.24) is 14.5 Å². The van der Waals surface area contributed by atoms with E-state index >= 15 is 0 Å². The molecule has 0 unspecified atom stereocenters. The Hall–Kier alpha value is -1.73. The van der Waals surface area contributed by atoms with Crippen LogP contribution in [0.3, 0.4) is 0 Å². The molecular formula is C12H14BrN5O. The van der Waals surface area contributed by atoms with Crippen LogP contribution >= 0.6 is 15.9 Å². The fraction of sp³-hybridized carbons (Fsp3) is 0.250. The molecule has 7 heteroatoms. The molecule has 0 aromatic carbocycles. The van der Waals surface area contributed by atoms with Crippen LogP contribution < -0.4 is 11.1 Å². The summed E-state index contributed by atoms with van der Waals surface area (Å²) in [5.74, 6) is -0.261. The largest absolute Gasteiger partial charge is 0.335 e. The van der Waals surface area contributed by atoms with E-state index in [4.69, 9.17) is 5.73 Å². The molecule has 0 aliphatic rings. The third-order valence-electron chi connectivity index (χ3n) is 2.55. The smallest absolute Gasteiger partial charge is 0.275 e. The Labute approximate surface area is 119 Å². The van der Waals surface area contributed by atoms with Gasteiger partial charge in [0, 0.05) is 19.3 Å². The summed E-state index contributed by atoms with van der Waals surface area (Å²) in [6.45, 7) is 2.97. The maximum Gasteiger partial charge on any atom is 0.275 e. The van der Waals surface area contributed by atoms with Gasteiger partial charge in [0.05, 0.1) is 17.7 Å². The molecule has 0 aliphatic heterocycles. The standard InChI is InChI=1S/C12H14BrN5O/c1-8-9(2-3-11(13)16-8)17-12(19)10-6-18(5-4-14)7-15-10/h2-3,6-7H,4-5,14H2,1H3,(H,17,19). The zero-order chi connectivity index (χ0) is 13.8. The van der Waals surface area contributed by atoms with Gasteiger partial charge in [-0.2, -0.15) is 0 Å². The first-order chi connectivity index (χ1) is 9.10. The molecule has 19 heavy (non-hydrogen) atoms. The average Bonchev–Trinajstić information content (AvgIpc) is 2.82. The van der Waals surface area contributed by atoms with E-state index in [1.807, 2.05) is 6.92 Å². The van der Waals surface area contributed by atoms with Gasteiger partial charge in [-0.05, 0) is 35.0 Å². The molecule has 0 radical (unpaired) electrons. The maximum atomic E-state index is 12.0. The van der Waals surface area contributed by atoms with E-state index in [9.17, 15) is 4.79 Å². The van der Waals surface area contributed by atoms with Crippen molar-refractivity contribution in [1.29, 1.82) is 0 Å². The van der Waals surface area contributed by atoms with E-state index in [0.717, 1.165) is 10.3 Å². The topological polar surface area (TPSA) is 85.8 Å². The van der Waals surface area contributed by atoms with Gasteiger partial charge in [-0.15, -0.1) is 0 Å². The first kappa shape index (κ1) is 13.7. The lowest BCUT2D eigenvalue weighted by molar-refractivity contribution is 0.102. The van der Waals surface area contributed by atoms with Crippen molar-refractivity contribution in [3.63, 3.8) is 0 Å². The lowest BCUT2D eigenvalue weighted by Gasteiger charge is -2.06. The number of imidazole rings is 1. The number of amides is 1. The molecule has 2 aromatic heterocycles. The number of carbonyl (C=O) groups excluding carboxylic acids is 1. The van der Waals surface area contributed by atoms with Crippen LogP contribution in [0.1, 0.15) is 16.2 Å². The SMILES string of the molecule is Cc1nc(Br)ccc1NC(=O)c1cn(CCN)cn1. The molecule has 3 N–H and O–H groups in total. The number of anilines is 1. The van der Waals surface area contributed by atoms with Gasteiger partial charge in [-0.1, -0.05) is 0 Å². The molecule has 0 fully saturated rings. The summed E-state index contributed by atoms with van der Waals surface area (Å²) in [7, 11) is 0. The van der Waals surface area contributed by atoms with Gasteiger partial charge >= 0.3 is 0 Å². The zero-order valence-corrected chi connectivity index (χ0v) is 12.0. The van der Waals surface area contributed by atoms with Crippen LogP contribution in [0.25, 0.3) is 0 Å². The maximum absolute atomic E-state index is 12.0. The number of rotatable bonds is 4. The zero-order valence-electron chi connectivity index (χ0n) is 10.4. The van der Waals surface area contributed by atoms with Crippen LogP contribution in [0.2, 0.25) is 0 Å². The van der Waals surface area contributed by atoms with E-state index in [-0.39, 0.29) is 5.91 Å². The fourth-order valence-electron chi connectivity index (χ4n) is 1.60. The highest BCUT2D eigenvalue weighted by Gasteiger charge is 2.11. The monoisotopic (exact) mass is 323 g/mol. The Morgan fingerprint density at radius 2 is 2.32 bits per heavy atom. The molecule has 0 atom stereocenters. The van der Waals surface area contributed by atoms with Crippen molar-refractivity contribution >= 4 is 27.5 Å². The summed E-state index contributed by atoms with van der Waals surface area (Å²) < 4.78 is 2.51. The van der Waals surface area contributed by atoms with Crippen molar-refractivity contribution in [3.8, 4) is 0 Å². The normalized spacial score (nSPS) is 10.5. The van der Waals surface area contributed by atoms with E-state index in [1.54, 1.807) is 29.2 Å². The second kappa shape index (κ2) is 5.94. The predicted molar refractivity (Wildman–Crippen MR) is 75.9 cm³/mol. The van der Waals surface area contributed by atoms with Gasteiger partial charge in [0.1, 0.15) is 10.3 Å². The van der Waals surface area contributed by atoms with Crippen molar-refractivity contribution in [3.05, 3.63) is 40.6 Å². The fourth-order valence-corrected chi connectivity index (χ4v) is 2.00. The van der Waals surface area contributed by atoms with Gasteiger partial charge in [0.2, 0.25) is 0 Å². The highest BCUT2D eigenvalue weighted by atomic mass is 79.9. The molecule has 6 nitrogen and oxygen atoms in total. The minimum absolute atomic E-state index is 0.261. The highest BCUT2D eigenvalue weighted by molar-refractivity contribution is 9.10. The van der Waals surface area contributed by atoms with Crippen molar-refractivity contribution < 1.29 is 4.79 Å². The first-order valence-corrected chi connectivity index (χ1v) is 6.56. The highest BCUT2D eigenvalue weighted by Crippen LogP contribution is 2.16. The number of aromatic nitrogens is 3. The van der Waals surface area contributed by atoms with Gasteiger partial charge < -0.3 is 15.6 Å². The van der Waals surface area contributed by atoms with Crippen LogP contribution in [0.5, 0.6) is 0 Å². The molecular weight excluding hydrogens is 310 g/mol. The summed E-state index contributed by atoms with van der Waals surface area (Å²) in [5.41, 5.74) is 7.21. The number of pyridine rings is 1. The summed E-state index contributed by atoms with van der Waals surface area (Å²) in [6, 6.07) is 3.57. The Morgan fingerprint density at radius 1 is 1.53 bits per heavy atom. The van der Waals surface area contributed by atoms with Crippen molar-refractivity contribution in [2.75, 3.05) is 11.9 Å². The molecule has 0 saturated carbocycles. The summed E-state index contributed by atoms with van der Waals surface area (Å²) >= 11 is 3.28. The molecule has 2 heterocycles. The minimum Gasteiger partial charge on any atom is -0.335 e. The number of carbonyl (C=O) groups is 1.